The van der Waals surface area contributed by atoms with Crippen LogP contribution in [0.25, 0.3) is 11.0 Å². The first kappa shape index (κ1) is 24.5. The number of hydrogen-bond acceptors (Lipinski definition) is 5. The number of rotatable bonds is 9. The van der Waals surface area contributed by atoms with Crippen molar-refractivity contribution in [2.45, 2.75) is 19.6 Å². The Balaban J connectivity index is 1.53. The Bertz CT molecular complexity index is 1530. The van der Waals surface area contributed by atoms with Crippen molar-refractivity contribution < 1.29 is 14.3 Å². The van der Waals surface area contributed by atoms with E-state index in [9.17, 15) is 14.4 Å². The quantitative estimate of drug-likeness (QED) is 0.290. The van der Waals surface area contributed by atoms with Crippen molar-refractivity contribution in [3.05, 3.63) is 117 Å². The van der Waals surface area contributed by atoms with Crippen molar-refractivity contribution in [1.29, 1.82) is 0 Å². The number of fused-ring (bicyclic) bond motifs is 1. The molecule has 0 aliphatic rings. The summed E-state index contributed by atoms with van der Waals surface area (Å²) >= 11 is 0. The molecule has 0 bridgehead atoms. The third-order valence-electron chi connectivity index (χ3n) is 5.94. The fourth-order valence-electron chi connectivity index (χ4n) is 4.06. The average molecular weight is 486 g/mol. The van der Waals surface area contributed by atoms with Crippen LogP contribution in [0.4, 0.5) is 0 Å². The summed E-state index contributed by atoms with van der Waals surface area (Å²) < 4.78 is 13.5. The number of benzene rings is 3. The van der Waals surface area contributed by atoms with Crippen LogP contribution in [0, 0.1) is 0 Å². The molecule has 0 radical (unpaired) electrons. The van der Waals surface area contributed by atoms with Crippen LogP contribution in [0.2, 0.25) is 0 Å². The molecule has 0 atom stereocenters. The molecule has 0 spiro atoms. The molecule has 0 saturated carbocycles. The number of allylic oxidation sites excluding steroid dienone is 1. The number of hydrogen-bond donors (Lipinski definition) is 1. The molecule has 4 aromatic rings. The van der Waals surface area contributed by atoms with Gasteiger partial charge in [-0.1, -0.05) is 30.3 Å². The largest absolute Gasteiger partial charge is 0.497 e. The van der Waals surface area contributed by atoms with Crippen LogP contribution in [0.15, 0.2) is 89.0 Å². The SMILES string of the molecule is C=CCn1c(=O)c(=O)n(Cc2ccc(C(=O)NCc3ccc(OC)cc3OC)cc2)c2ccccc21. The van der Waals surface area contributed by atoms with Crippen LogP contribution in [-0.2, 0) is 19.6 Å². The lowest BCUT2D eigenvalue weighted by Gasteiger charge is -2.14. The summed E-state index contributed by atoms with van der Waals surface area (Å²) in [6.45, 7) is 4.42. The van der Waals surface area contributed by atoms with E-state index in [1.807, 2.05) is 24.3 Å². The second-order valence-corrected chi connectivity index (χ2v) is 8.14. The highest BCUT2D eigenvalue weighted by molar-refractivity contribution is 5.94. The lowest BCUT2D eigenvalue weighted by Crippen LogP contribution is -2.41. The molecule has 4 rings (SSSR count). The van der Waals surface area contributed by atoms with Gasteiger partial charge in [0.25, 0.3) is 5.91 Å². The molecule has 8 nitrogen and oxygen atoms in total. The first-order valence-corrected chi connectivity index (χ1v) is 11.4. The fourth-order valence-corrected chi connectivity index (χ4v) is 4.06. The van der Waals surface area contributed by atoms with Gasteiger partial charge in [-0.2, -0.15) is 0 Å². The van der Waals surface area contributed by atoms with Gasteiger partial charge in [-0.15, -0.1) is 6.58 Å². The number of nitrogens with one attached hydrogen (secondary N) is 1. The molecule has 8 heteroatoms. The Labute approximate surface area is 208 Å². The van der Waals surface area contributed by atoms with Gasteiger partial charge in [0.1, 0.15) is 11.5 Å². The van der Waals surface area contributed by atoms with Crippen molar-refractivity contribution in [2.24, 2.45) is 0 Å². The summed E-state index contributed by atoms with van der Waals surface area (Å²) in [6, 6.07) is 19.6. The van der Waals surface area contributed by atoms with Gasteiger partial charge in [0.15, 0.2) is 0 Å². The number of aromatic nitrogens is 2. The molecule has 1 N–H and O–H groups in total. The van der Waals surface area contributed by atoms with Crippen molar-refractivity contribution in [2.75, 3.05) is 14.2 Å². The van der Waals surface area contributed by atoms with E-state index in [2.05, 4.69) is 11.9 Å². The average Bonchev–Trinajstić information content (AvgIpc) is 2.92. The summed E-state index contributed by atoms with van der Waals surface area (Å²) in [5, 5.41) is 2.89. The van der Waals surface area contributed by atoms with E-state index in [1.54, 1.807) is 62.8 Å². The molecule has 184 valence electrons. The molecular formula is C28H27N3O5. The van der Waals surface area contributed by atoms with Crippen LogP contribution in [0.1, 0.15) is 21.5 Å². The number of para-hydroxylation sites is 2. The first-order chi connectivity index (χ1) is 17.5. The number of amides is 1. The highest BCUT2D eigenvalue weighted by Crippen LogP contribution is 2.24. The third kappa shape index (κ3) is 4.93. The number of nitrogens with zero attached hydrogens (tertiary/aromatic N) is 2. The van der Waals surface area contributed by atoms with Crippen molar-refractivity contribution in [3.8, 4) is 11.5 Å². The number of ether oxygens (including phenoxy) is 2. The van der Waals surface area contributed by atoms with Gasteiger partial charge in [0.05, 0.1) is 31.8 Å². The van der Waals surface area contributed by atoms with Crippen LogP contribution in [0.5, 0.6) is 11.5 Å². The maximum atomic E-state index is 12.9. The first-order valence-electron chi connectivity index (χ1n) is 11.4. The standard InChI is InChI=1S/C28H27N3O5/c1-4-15-30-23-7-5-6-8-24(23)31(28(34)27(30)33)18-19-9-11-20(12-10-19)26(32)29-17-21-13-14-22(35-2)16-25(21)36-3/h4-14,16H,1,15,17-18H2,2-3H3,(H,29,32). The molecule has 1 aromatic heterocycles. The second kappa shape index (κ2) is 10.8. The van der Waals surface area contributed by atoms with Gasteiger partial charge in [-0.25, -0.2) is 0 Å². The minimum Gasteiger partial charge on any atom is -0.497 e. The molecule has 0 unspecified atom stereocenters. The predicted molar refractivity (Wildman–Crippen MR) is 139 cm³/mol. The topological polar surface area (TPSA) is 91.6 Å². The predicted octanol–water partition coefficient (Wildman–Crippen LogP) is 3.34. The molecule has 1 amide bonds. The Morgan fingerprint density at radius 1 is 0.917 bits per heavy atom. The smallest absolute Gasteiger partial charge is 0.317 e. The monoisotopic (exact) mass is 485 g/mol. The Hall–Kier alpha value is -4.59. The van der Waals surface area contributed by atoms with Gasteiger partial charge < -0.3 is 14.8 Å². The maximum absolute atomic E-state index is 12.9. The van der Waals surface area contributed by atoms with Crippen LogP contribution >= 0.6 is 0 Å². The summed E-state index contributed by atoms with van der Waals surface area (Å²) in [5.74, 6) is 1.05. The minimum atomic E-state index is -0.606. The minimum absolute atomic E-state index is 0.203. The van der Waals surface area contributed by atoms with Gasteiger partial charge in [0.2, 0.25) is 0 Å². The Morgan fingerprint density at radius 2 is 1.58 bits per heavy atom. The van der Waals surface area contributed by atoms with E-state index in [1.165, 1.54) is 9.13 Å². The van der Waals surface area contributed by atoms with Crippen molar-refractivity contribution in [1.82, 2.24) is 14.5 Å². The maximum Gasteiger partial charge on any atom is 0.317 e. The summed E-state index contributed by atoms with van der Waals surface area (Å²) in [5.41, 5.74) is 2.19. The molecule has 0 saturated heterocycles. The van der Waals surface area contributed by atoms with Crippen LogP contribution in [-0.4, -0.2) is 29.3 Å². The molecule has 36 heavy (non-hydrogen) atoms. The van der Waals surface area contributed by atoms with Crippen molar-refractivity contribution >= 4 is 16.9 Å². The fraction of sp³-hybridized carbons (Fsp3) is 0.179. The molecule has 1 heterocycles. The van der Waals surface area contributed by atoms with E-state index < -0.39 is 11.1 Å². The normalized spacial score (nSPS) is 10.7. The number of carbonyl (C=O) groups excluding carboxylic acids is 1. The van der Waals surface area contributed by atoms with E-state index in [0.29, 0.717) is 28.1 Å². The highest BCUT2D eigenvalue weighted by Gasteiger charge is 2.13. The van der Waals surface area contributed by atoms with Gasteiger partial charge >= 0.3 is 11.1 Å². The lowest BCUT2D eigenvalue weighted by molar-refractivity contribution is 0.0950. The van der Waals surface area contributed by atoms with E-state index >= 15 is 0 Å². The Kier molecular flexibility index (Phi) is 7.34. The summed E-state index contributed by atoms with van der Waals surface area (Å²) in [6.07, 6.45) is 1.59. The molecule has 3 aromatic carbocycles. The highest BCUT2D eigenvalue weighted by atomic mass is 16.5. The van der Waals surface area contributed by atoms with Gasteiger partial charge in [0, 0.05) is 30.3 Å². The molecule has 0 aliphatic heterocycles. The van der Waals surface area contributed by atoms with Gasteiger partial charge in [-0.3, -0.25) is 23.5 Å². The number of carbonyl (C=O) groups is 1. The van der Waals surface area contributed by atoms with Crippen molar-refractivity contribution in [3.63, 3.8) is 0 Å². The van der Waals surface area contributed by atoms with E-state index in [-0.39, 0.29) is 25.5 Å². The van der Waals surface area contributed by atoms with Crippen LogP contribution in [0.3, 0.4) is 0 Å². The zero-order chi connectivity index (χ0) is 25.7. The number of methoxy groups -OCH3 is 2. The lowest BCUT2D eigenvalue weighted by atomic mass is 10.1. The van der Waals surface area contributed by atoms with E-state index in [4.69, 9.17) is 9.47 Å². The zero-order valence-corrected chi connectivity index (χ0v) is 20.2. The van der Waals surface area contributed by atoms with Crippen LogP contribution < -0.4 is 25.9 Å². The summed E-state index contributed by atoms with van der Waals surface area (Å²) in [7, 11) is 3.14. The van der Waals surface area contributed by atoms with E-state index in [0.717, 1.165) is 11.1 Å². The summed E-state index contributed by atoms with van der Waals surface area (Å²) in [4.78, 5) is 38.3. The zero-order valence-electron chi connectivity index (χ0n) is 20.2. The molecule has 0 aliphatic carbocycles. The molecule has 0 fully saturated rings. The Morgan fingerprint density at radius 3 is 2.22 bits per heavy atom. The second-order valence-electron chi connectivity index (χ2n) is 8.14. The van der Waals surface area contributed by atoms with Gasteiger partial charge in [-0.05, 0) is 42.0 Å². The molecular weight excluding hydrogens is 458 g/mol. The third-order valence-corrected chi connectivity index (χ3v) is 5.94.